The molecule has 30 heavy (non-hydrogen) atoms. The summed E-state index contributed by atoms with van der Waals surface area (Å²) in [6.45, 7) is 3.16. The second-order valence-corrected chi connectivity index (χ2v) is 6.45. The number of hydrogen-bond donors (Lipinski definition) is 3. The third kappa shape index (κ3) is 8.10. The Morgan fingerprint density at radius 1 is 1.00 bits per heavy atom. The molecule has 2 rings (SSSR count). The van der Waals surface area contributed by atoms with Gasteiger partial charge >= 0.3 is 0 Å². The van der Waals surface area contributed by atoms with E-state index in [4.69, 9.17) is 9.47 Å². The van der Waals surface area contributed by atoms with Crippen LogP contribution in [0, 0.1) is 0 Å². The van der Waals surface area contributed by atoms with Crippen molar-refractivity contribution in [3.8, 4) is 11.5 Å². The molecule has 0 aliphatic rings. The molecule has 164 valence electrons. The third-order valence-electron chi connectivity index (χ3n) is 4.34. The van der Waals surface area contributed by atoms with Crippen molar-refractivity contribution in [3.63, 3.8) is 0 Å². The number of amides is 1. The fourth-order valence-electron chi connectivity index (χ4n) is 2.74. The second-order valence-electron chi connectivity index (χ2n) is 6.45. The first-order valence-electron chi connectivity index (χ1n) is 9.63. The van der Waals surface area contributed by atoms with Crippen LogP contribution >= 0.6 is 24.0 Å². The predicted molar refractivity (Wildman–Crippen MR) is 132 cm³/mol. The zero-order valence-electron chi connectivity index (χ0n) is 18.0. The van der Waals surface area contributed by atoms with Crippen molar-refractivity contribution < 1.29 is 14.3 Å². The Balaban J connectivity index is 0.00000450. The maximum absolute atomic E-state index is 11.7. The molecule has 0 bridgehead atoms. The van der Waals surface area contributed by atoms with Crippen LogP contribution in [0.3, 0.4) is 0 Å². The average Bonchev–Trinajstić information content (AvgIpc) is 2.75. The number of aliphatic imine (C=N–C) groups is 1. The molecular formula is C22H31IN4O3. The molecule has 0 fully saturated rings. The Kier molecular flexibility index (Phi) is 11.7. The van der Waals surface area contributed by atoms with Crippen molar-refractivity contribution in [1.82, 2.24) is 10.6 Å². The largest absolute Gasteiger partial charge is 0.497 e. The highest BCUT2D eigenvalue weighted by Gasteiger charge is 2.07. The van der Waals surface area contributed by atoms with Crippen LogP contribution in [-0.4, -0.2) is 33.1 Å². The third-order valence-corrected chi connectivity index (χ3v) is 4.34. The second kappa shape index (κ2) is 13.7. The summed E-state index contributed by atoms with van der Waals surface area (Å²) in [6, 6.07) is 13.5. The molecule has 0 heterocycles. The Morgan fingerprint density at radius 2 is 1.70 bits per heavy atom. The smallest absolute Gasteiger partial charge is 0.224 e. The molecule has 0 saturated heterocycles. The van der Waals surface area contributed by atoms with Crippen molar-refractivity contribution in [2.24, 2.45) is 4.99 Å². The van der Waals surface area contributed by atoms with E-state index in [2.05, 4.69) is 20.9 Å². The zero-order chi connectivity index (χ0) is 21.1. The fraction of sp³-hybridized carbons (Fsp3) is 0.364. The van der Waals surface area contributed by atoms with Gasteiger partial charge in [-0.05, 0) is 36.2 Å². The van der Waals surface area contributed by atoms with E-state index in [1.807, 2.05) is 49.4 Å². The van der Waals surface area contributed by atoms with Gasteiger partial charge in [0.05, 0.1) is 14.2 Å². The van der Waals surface area contributed by atoms with Crippen LogP contribution in [0.4, 0.5) is 5.69 Å². The van der Waals surface area contributed by atoms with E-state index in [9.17, 15) is 4.79 Å². The molecule has 3 N–H and O–H groups in total. The minimum atomic E-state index is 0. The first-order chi connectivity index (χ1) is 14.1. The summed E-state index contributed by atoms with van der Waals surface area (Å²) in [5.74, 6) is 2.23. The van der Waals surface area contributed by atoms with E-state index in [0.29, 0.717) is 25.5 Å². The zero-order valence-corrected chi connectivity index (χ0v) is 20.3. The Bertz CT molecular complexity index is 826. The van der Waals surface area contributed by atoms with Crippen LogP contribution in [0.25, 0.3) is 0 Å². The van der Waals surface area contributed by atoms with Crippen LogP contribution in [0.15, 0.2) is 47.5 Å². The van der Waals surface area contributed by atoms with Crippen molar-refractivity contribution in [2.45, 2.75) is 32.9 Å². The molecule has 7 nitrogen and oxygen atoms in total. The molecule has 2 aromatic carbocycles. The highest BCUT2D eigenvalue weighted by Crippen LogP contribution is 2.24. The number of guanidine groups is 1. The van der Waals surface area contributed by atoms with Gasteiger partial charge in [-0.2, -0.15) is 0 Å². The monoisotopic (exact) mass is 526 g/mol. The lowest BCUT2D eigenvalue weighted by molar-refractivity contribution is -0.116. The molecule has 0 aliphatic heterocycles. The molecule has 0 atom stereocenters. The van der Waals surface area contributed by atoms with Crippen molar-refractivity contribution in [3.05, 3.63) is 53.6 Å². The number of anilines is 1. The summed E-state index contributed by atoms with van der Waals surface area (Å²) in [6.07, 6.45) is 1.37. The molecule has 8 heteroatoms. The number of ether oxygens (including phenoxy) is 2. The highest BCUT2D eigenvalue weighted by molar-refractivity contribution is 14.0. The number of methoxy groups -OCH3 is 2. The van der Waals surface area contributed by atoms with Gasteiger partial charge in [-0.15, -0.1) is 24.0 Å². The summed E-state index contributed by atoms with van der Waals surface area (Å²) in [4.78, 5) is 15.9. The van der Waals surface area contributed by atoms with Gasteiger partial charge in [-0.1, -0.05) is 19.1 Å². The average molecular weight is 526 g/mol. The van der Waals surface area contributed by atoms with E-state index in [0.717, 1.165) is 34.7 Å². The number of benzene rings is 2. The predicted octanol–water partition coefficient (Wildman–Crippen LogP) is 3.93. The summed E-state index contributed by atoms with van der Waals surface area (Å²) >= 11 is 0. The normalized spacial score (nSPS) is 10.6. The SMILES string of the molecule is CCCC(=O)Nc1ccc(CNC(=NC)NCc2ccc(OC)cc2OC)cc1.I. The number of rotatable bonds is 9. The molecule has 0 spiro atoms. The standard InChI is InChI=1S/C22H30N4O3.HI/c1-5-6-21(27)26-18-10-7-16(8-11-18)14-24-22(23-2)25-15-17-9-12-19(28-3)13-20(17)29-4;/h7-13H,5-6,14-15H2,1-4H3,(H,26,27)(H2,23,24,25);1H. The van der Waals surface area contributed by atoms with E-state index < -0.39 is 0 Å². The number of carbonyl (C=O) groups is 1. The molecule has 0 radical (unpaired) electrons. The van der Waals surface area contributed by atoms with E-state index in [-0.39, 0.29) is 29.9 Å². The molecule has 2 aromatic rings. The number of hydrogen-bond acceptors (Lipinski definition) is 4. The molecule has 0 aliphatic carbocycles. The Morgan fingerprint density at radius 3 is 2.30 bits per heavy atom. The van der Waals surface area contributed by atoms with Crippen molar-refractivity contribution in [2.75, 3.05) is 26.6 Å². The lowest BCUT2D eigenvalue weighted by Gasteiger charge is -2.15. The number of nitrogens with one attached hydrogen (secondary N) is 3. The first kappa shape index (κ1) is 25.5. The van der Waals surface area contributed by atoms with Crippen LogP contribution < -0.4 is 25.4 Å². The number of nitrogens with zero attached hydrogens (tertiary/aromatic N) is 1. The van der Waals surface area contributed by atoms with Gasteiger partial charge in [-0.3, -0.25) is 9.79 Å². The minimum Gasteiger partial charge on any atom is -0.497 e. The van der Waals surface area contributed by atoms with Gasteiger partial charge in [0.25, 0.3) is 0 Å². The van der Waals surface area contributed by atoms with Crippen molar-refractivity contribution >= 4 is 41.5 Å². The Hall–Kier alpha value is -2.49. The molecule has 0 saturated carbocycles. The van der Waals surface area contributed by atoms with Gasteiger partial charge in [0, 0.05) is 43.9 Å². The number of carbonyl (C=O) groups excluding carboxylic acids is 1. The van der Waals surface area contributed by atoms with Gasteiger partial charge in [-0.25, -0.2) is 0 Å². The molecule has 0 aromatic heterocycles. The van der Waals surface area contributed by atoms with Gasteiger partial charge < -0.3 is 25.4 Å². The maximum atomic E-state index is 11.7. The summed E-state index contributed by atoms with van der Waals surface area (Å²) in [5, 5.41) is 9.45. The molecular weight excluding hydrogens is 495 g/mol. The molecule has 0 unspecified atom stereocenters. The summed E-state index contributed by atoms with van der Waals surface area (Å²) in [7, 11) is 5.00. The van der Waals surface area contributed by atoms with Crippen molar-refractivity contribution in [1.29, 1.82) is 0 Å². The minimum absolute atomic E-state index is 0. The van der Waals surface area contributed by atoms with Gasteiger partial charge in [0.15, 0.2) is 5.96 Å². The topological polar surface area (TPSA) is 84.0 Å². The van der Waals surface area contributed by atoms with E-state index >= 15 is 0 Å². The summed E-state index contributed by atoms with van der Waals surface area (Å²) in [5.41, 5.74) is 2.90. The van der Waals surface area contributed by atoms with E-state index in [1.54, 1.807) is 21.3 Å². The van der Waals surface area contributed by atoms with Crippen LogP contribution in [0.2, 0.25) is 0 Å². The van der Waals surface area contributed by atoms with Crippen LogP contribution in [0.5, 0.6) is 11.5 Å². The van der Waals surface area contributed by atoms with Gasteiger partial charge in [0.1, 0.15) is 11.5 Å². The van der Waals surface area contributed by atoms with Crippen LogP contribution in [-0.2, 0) is 17.9 Å². The fourth-order valence-corrected chi connectivity index (χ4v) is 2.74. The first-order valence-corrected chi connectivity index (χ1v) is 9.63. The number of halogens is 1. The molecule has 1 amide bonds. The highest BCUT2D eigenvalue weighted by atomic mass is 127. The quantitative estimate of drug-likeness (QED) is 0.262. The Labute approximate surface area is 195 Å². The maximum Gasteiger partial charge on any atom is 0.224 e. The lowest BCUT2D eigenvalue weighted by atomic mass is 10.2. The van der Waals surface area contributed by atoms with Crippen LogP contribution in [0.1, 0.15) is 30.9 Å². The van der Waals surface area contributed by atoms with Gasteiger partial charge in [0.2, 0.25) is 5.91 Å². The lowest BCUT2D eigenvalue weighted by Crippen LogP contribution is -2.36. The van der Waals surface area contributed by atoms with E-state index in [1.165, 1.54) is 0 Å². The summed E-state index contributed by atoms with van der Waals surface area (Å²) < 4.78 is 10.7.